The van der Waals surface area contributed by atoms with Crippen molar-refractivity contribution in [2.45, 2.75) is 13.3 Å². The molecule has 8 heteroatoms. The molecule has 8 nitrogen and oxygen atoms in total. The van der Waals surface area contributed by atoms with Crippen molar-refractivity contribution in [3.05, 3.63) is 54.0 Å². The molecule has 130 valence electrons. The van der Waals surface area contributed by atoms with Crippen LogP contribution in [-0.4, -0.2) is 40.8 Å². The standard InChI is InChI=1S/C17H19N5O3/c1-12-5-6-14(20-10-12)22-15(23)7-9-19-16(24)11-21-17(25)13-4-2-3-8-18-13/h2-6,8,10H,7,9,11H2,1H3,(H,19,24)(H,21,25)(H,20,22,23). The van der Waals surface area contributed by atoms with Gasteiger partial charge in [-0.25, -0.2) is 4.98 Å². The van der Waals surface area contributed by atoms with Crippen LogP contribution in [0.4, 0.5) is 5.82 Å². The van der Waals surface area contributed by atoms with Gasteiger partial charge < -0.3 is 16.0 Å². The summed E-state index contributed by atoms with van der Waals surface area (Å²) in [4.78, 5) is 43.1. The summed E-state index contributed by atoms with van der Waals surface area (Å²) in [5.74, 6) is -0.608. The van der Waals surface area contributed by atoms with Crippen LogP contribution in [0.1, 0.15) is 22.5 Å². The van der Waals surface area contributed by atoms with Crippen molar-refractivity contribution >= 4 is 23.5 Å². The Kier molecular flexibility index (Phi) is 6.58. The van der Waals surface area contributed by atoms with E-state index in [-0.39, 0.29) is 37.0 Å². The van der Waals surface area contributed by atoms with Gasteiger partial charge in [0.15, 0.2) is 0 Å². The molecule has 0 spiro atoms. The minimum absolute atomic E-state index is 0.107. The fourth-order valence-corrected chi connectivity index (χ4v) is 1.87. The molecule has 0 saturated heterocycles. The molecule has 0 aliphatic rings. The number of aromatic nitrogens is 2. The van der Waals surface area contributed by atoms with Gasteiger partial charge in [0, 0.05) is 25.4 Å². The Morgan fingerprint density at radius 1 is 1.00 bits per heavy atom. The zero-order chi connectivity index (χ0) is 18.1. The number of anilines is 1. The van der Waals surface area contributed by atoms with Crippen LogP contribution < -0.4 is 16.0 Å². The molecule has 0 radical (unpaired) electrons. The second kappa shape index (κ2) is 9.11. The number of pyridine rings is 2. The molecule has 0 fully saturated rings. The highest BCUT2D eigenvalue weighted by Gasteiger charge is 2.09. The lowest BCUT2D eigenvalue weighted by molar-refractivity contribution is -0.120. The topological polar surface area (TPSA) is 113 Å². The molecule has 0 saturated carbocycles. The maximum atomic E-state index is 11.7. The number of carbonyl (C=O) groups excluding carboxylic acids is 3. The van der Waals surface area contributed by atoms with Gasteiger partial charge in [0.05, 0.1) is 6.54 Å². The Labute approximate surface area is 145 Å². The molecule has 25 heavy (non-hydrogen) atoms. The Hall–Kier alpha value is -3.29. The zero-order valence-electron chi connectivity index (χ0n) is 13.8. The number of rotatable bonds is 7. The molecule has 0 atom stereocenters. The van der Waals surface area contributed by atoms with E-state index in [2.05, 4.69) is 25.9 Å². The number of amides is 3. The van der Waals surface area contributed by atoms with Gasteiger partial charge in [0.2, 0.25) is 11.8 Å². The zero-order valence-corrected chi connectivity index (χ0v) is 13.8. The van der Waals surface area contributed by atoms with E-state index in [9.17, 15) is 14.4 Å². The molecule has 0 aliphatic heterocycles. The molecule has 2 aromatic heterocycles. The number of aryl methyl sites for hydroxylation is 1. The molecular weight excluding hydrogens is 322 g/mol. The van der Waals surface area contributed by atoms with Crippen LogP contribution in [0, 0.1) is 6.92 Å². The molecule has 3 amide bonds. The smallest absolute Gasteiger partial charge is 0.270 e. The van der Waals surface area contributed by atoms with Crippen molar-refractivity contribution in [2.75, 3.05) is 18.4 Å². The van der Waals surface area contributed by atoms with E-state index >= 15 is 0 Å². The van der Waals surface area contributed by atoms with Crippen LogP contribution in [0.3, 0.4) is 0 Å². The predicted molar refractivity (Wildman–Crippen MR) is 91.8 cm³/mol. The van der Waals surface area contributed by atoms with E-state index in [4.69, 9.17) is 0 Å². The summed E-state index contributed by atoms with van der Waals surface area (Å²) in [5, 5.41) is 7.65. The van der Waals surface area contributed by atoms with E-state index in [1.165, 1.54) is 6.20 Å². The highest BCUT2D eigenvalue weighted by atomic mass is 16.2. The third-order valence-electron chi connectivity index (χ3n) is 3.16. The first-order chi connectivity index (χ1) is 12.0. The quantitative estimate of drug-likeness (QED) is 0.685. The number of hydrogen-bond acceptors (Lipinski definition) is 5. The van der Waals surface area contributed by atoms with Crippen LogP contribution in [0.15, 0.2) is 42.7 Å². The van der Waals surface area contributed by atoms with Crippen LogP contribution in [0.5, 0.6) is 0 Å². The van der Waals surface area contributed by atoms with Crippen molar-refractivity contribution in [3.8, 4) is 0 Å². The summed E-state index contributed by atoms with van der Waals surface area (Å²) >= 11 is 0. The van der Waals surface area contributed by atoms with Gasteiger partial charge in [0.1, 0.15) is 11.5 Å². The maximum absolute atomic E-state index is 11.7. The largest absolute Gasteiger partial charge is 0.354 e. The van der Waals surface area contributed by atoms with Crippen LogP contribution >= 0.6 is 0 Å². The van der Waals surface area contributed by atoms with Crippen LogP contribution in [0.25, 0.3) is 0 Å². The predicted octanol–water partition coefficient (Wildman–Crippen LogP) is 0.660. The van der Waals surface area contributed by atoms with E-state index in [0.717, 1.165) is 5.56 Å². The van der Waals surface area contributed by atoms with Crippen molar-refractivity contribution < 1.29 is 14.4 Å². The molecule has 0 aromatic carbocycles. The molecule has 2 aromatic rings. The summed E-state index contributed by atoms with van der Waals surface area (Å²) in [7, 11) is 0. The first kappa shape index (κ1) is 18.1. The second-order valence-electron chi connectivity index (χ2n) is 5.27. The second-order valence-corrected chi connectivity index (χ2v) is 5.27. The highest BCUT2D eigenvalue weighted by molar-refractivity contribution is 5.95. The highest BCUT2D eigenvalue weighted by Crippen LogP contribution is 2.03. The summed E-state index contributed by atoms with van der Waals surface area (Å²) in [6.45, 7) is 1.88. The molecule has 0 unspecified atom stereocenters. The first-order valence-electron chi connectivity index (χ1n) is 7.73. The number of hydrogen-bond donors (Lipinski definition) is 3. The number of nitrogens with zero attached hydrogens (tertiary/aromatic N) is 2. The normalized spacial score (nSPS) is 9.96. The lowest BCUT2D eigenvalue weighted by Gasteiger charge is -2.07. The fourth-order valence-electron chi connectivity index (χ4n) is 1.87. The lowest BCUT2D eigenvalue weighted by atomic mass is 10.3. The summed E-state index contributed by atoms with van der Waals surface area (Å²) in [6, 6.07) is 8.48. The molecule has 0 bridgehead atoms. The minimum Gasteiger partial charge on any atom is -0.354 e. The third-order valence-corrected chi connectivity index (χ3v) is 3.16. The summed E-state index contributed by atoms with van der Waals surface area (Å²) < 4.78 is 0. The van der Waals surface area contributed by atoms with Gasteiger partial charge in [-0.2, -0.15) is 0 Å². The van der Waals surface area contributed by atoms with Crippen molar-refractivity contribution in [1.29, 1.82) is 0 Å². The summed E-state index contributed by atoms with van der Waals surface area (Å²) in [6.07, 6.45) is 3.26. The average Bonchev–Trinajstić information content (AvgIpc) is 2.62. The van der Waals surface area contributed by atoms with Crippen LogP contribution in [0.2, 0.25) is 0 Å². The molecule has 3 N–H and O–H groups in total. The van der Waals surface area contributed by atoms with Crippen molar-refractivity contribution in [2.24, 2.45) is 0 Å². The fraction of sp³-hybridized carbons (Fsp3) is 0.235. The first-order valence-corrected chi connectivity index (χ1v) is 7.73. The SMILES string of the molecule is Cc1ccc(NC(=O)CCNC(=O)CNC(=O)c2ccccn2)nc1. The van der Waals surface area contributed by atoms with Crippen LogP contribution in [-0.2, 0) is 9.59 Å². The van der Waals surface area contributed by atoms with E-state index < -0.39 is 5.91 Å². The Morgan fingerprint density at radius 3 is 2.52 bits per heavy atom. The average molecular weight is 341 g/mol. The molecule has 2 heterocycles. The van der Waals surface area contributed by atoms with Crippen molar-refractivity contribution in [1.82, 2.24) is 20.6 Å². The van der Waals surface area contributed by atoms with Gasteiger partial charge in [-0.3, -0.25) is 19.4 Å². The van der Waals surface area contributed by atoms with Gasteiger partial charge in [-0.15, -0.1) is 0 Å². The Bertz CT molecular complexity index is 732. The number of nitrogens with one attached hydrogen (secondary N) is 3. The lowest BCUT2D eigenvalue weighted by Crippen LogP contribution is -2.38. The maximum Gasteiger partial charge on any atom is 0.270 e. The van der Waals surface area contributed by atoms with Gasteiger partial charge >= 0.3 is 0 Å². The van der Waals surface area contributed by atoms with E-state index in [1.807, 2.05) is 13.0 Å². The monoisotopic (exact) mass is 341 g/mol. The van der Waals surface area contributed by atoms with Gasteiger partial charge in [-0.1, -0.05) is 12.1 Å². The molecule has 2 rings (SSSR count). The Balaban J connectivity index is 1.64. The number of carbonyl (C=O) groups is 3. The van der Waals surface area contributed by atoms with Gasteiger partial charge in [-0.05, 0) is 30.7 Å². The van der Waals surface area contributed by atoms with Crippen molar-refractivity contribution in [3.63, 3.8) is 0 Å². The molecular formula is C17H19N5O3. The Morgan fingerprint density at radius 2 is 1.84 bits per heavy atom. The third kappa shape index (κ3) is 6.38. The van der Waals surface area contributed by atoms with Gasteiger partial charge in [0.25, 0.3) is 5.91 Å². The van der Waals surface area contributed by atoms with E-state index in [0.29, 0.717) is 5.82 Å². The minimum atomic E-state index is -0.432. The van der Waals surface area contributed by atoms with E-state index in [1.54, 1.807) is 30.5 Å². The molecule has 0 aliphatic carbocycles. The summed E-state index contributed by atoms with van der Waals surface area (Å²) in [5.41, 5.74) is 1.23.